The maximum absolute atomic E-state index is 14.9. The summed E-state index contributed by atoms with van der Waals surface area (Å²) in [7, 11) is 3.19. The summed E-state index contributed by atoms with van der Waals surface area (Å²) >= 11 is 0. The fraction of sp³-hybridized carbons (Fsp3) is 0.360. The van der Waals surface area contributed by atoms with Gasteiger partial charge in [-0.25, -0.2) is 14.2 Å². The lowest BCUT2D eigenvalue weighted by atomic mass is 9.95. The van der Waals surface area contributed by atoms with Gasteiger partial charge in [0.15, 0.2) is 22.7 Å². The molecule has 2 aliphatic heterocycles. The lowest BCUT2D eigenvalue weighted by Gasteiger charge is -2.28. The number of nitrogens with zero attached hydrogens (tertiary/aromatic N) is 3. The Bertz CT molecular complexity index is 1410. The Morgan fingerprint density at radius 2 is 2.08 bits per heavy atom. The molecule has 3 aromatic rings. The molecule has 1 aromatic carbocycles. The molecule has 0 spiro atoms. The van der Waals surface area contributed by atoms with Crippen molar-refractivity contribution in [3.8, 4) is 5.75 Å². The van der Waals surface area contributed by atoms with E-state index in [1.807, 2.05) is 20.0 Å². The molecular weight excluding hydrogens is 483 g/mol. The molecule has 1 atom stereocenters. The van der Waals surface area contributed by atoms with Crippen LogP contribution >= 0.6 is 0 Å². The minimum Gasteiger partial charge on any atom is -0.494 e. The summed E-state index contributed by atoms with van der Waals surface area (Å²) in [6.45, 7) is 4.08. The predicted molar refractivity (Wildman–Crippen MR) is 132 cm³/mol. The van der Waals surface area contributed by atoms with E-state index in [1.54, 1.807) is 18.2 Å². The molecule has 4 heterocycles. The molecule has 11 nitrogen and oxygen atoms in total. The van der Waals surface area contributed by atoms with Crippen molar-refractivity contribution in [1.29, 1.82) is 0 Å². The van der Waals surface area contributed by atoms with Gasteiger partial charge in [-0.1, -0.05) is 6.07 Å². The number of aromatic nitrogens is 1. The van der Waals surface area contributed by atoms with Crippen molar-refractivity contribution in [2.45, 2.75) is 19.0 Å². The number of benzene rings is 1. The van der Waals surface area contributed by atoms with Crippen LogP contribution in [0.1, 0.15) is 28.6 Å². The first-order valence-electron chi connectivity index (χ1n) is 11.9. The Kier molecular flexibility index (Phi) is 6.20. The topological polar surface area (TPSA) is 129 Å². The minimum absolute atomic E-state index is 0.0504. The number of methoxy groups -OCH3 is 1. The van der Waals surface area contributed by atoms with E-state index in [-0.39, 0.29) is 30.2 Å². The summed E-state index contributed by atoms with van der Waals surface area (Å²) in [5.74, 6) is -1.25. The molecule has 0 radical (unpaired) electrons. The normalized spacial score (nSPS) is 18.8. The molecule has 1 unspecified atom stereocenters. The highest BCUT2D eigenvalue weighted by Crippen LogP contribution is 2.36. The van der Waals surface area contributed by atoms with Gasteiger partial charge < -0.3 is 29.6 Å². The van der Waals surface area contributed by atoms with Gasteiger partial charge >= 0.3 is 6.03 Å². The van der Waals surface area contributed by atoms with Crippen molar-refractivity contribution in [3.05, 3.63) is 53.0 Å². The van der Waals surface area contributed by atoms with Crippen LogP contribution in [-0.4, -0.2) is 68.1 Å². The molecule has 0 saturated carbocycles. The number of pyridine rings is 1. The van der Waals surface area contributed by atoms with E-state index in [0.717, 1.165) is 25.5 Å². The molecule has 3 N–H and O–H groups in total. The van der Waals surface area contributed by atoms with Gasteiger partial charge in [0.05, 0.1) is 19.2 Å². The van der Waals surface area contributed by atoms with Crippen molar-refractivity contribution in [2.75, 3.05) is 45.2 Å². The van der Waals surface area contributed by atoms with Crippen LogP contribution in [0.3, 0.4) is 0 Å². The van der Waals surface area contributed by atoms with Crippen molar-refractivity contribution in [3.63, 3.8) is 0 Å². The smallest absolute Gasteiger partial charge is 0.322 e. The third kappa shape index (κ3) is 4.02. The first-order valence-corrected chi connectivity index (χ1v) is 11.9. The Balaban J connectivity index is 1.50. The fourth-order valence-electron chi connectivity index (χ4n) is 4.80. The van der Waals surface area contributed by atoms with E-state index in [0.29, 0.717) is 16.7 Å². The number of rotatable bonds is 9. The lowest BCUT2D eigenvalue weighted by Crippen LogP contribution is -2.52. The summed E-state index contributed by atoms with van der Waals surface area (Å²) in [5.41, 5.74) is -0.455. The standard InChI is InChI=1S/C25H27FN6O5/c1-4-31(10-9-27-2)19-8-7-16-15(28-19)11-18(37-16)25(23(34)29-24(35)30-25)13-32-12-14-5-6-17(36-3)21(26)20(14)22(32)33/h5-8,11,27H,4,9-10,12-13H2,1-3H3,(H2,29,30,34,35). The largest absolute Gasteiger partial charge is 0.494 e. The van der Waals surface area contributed by atoms with Crippen LogP contribution in [0.4, 0.5) is 15.0 Å². The van der Waals surface area contributed by atoms with Gasteiger partial charge in [-0.3, -0.25) is 14.9 Å². The fourth-order valence-corrected chi connectivity index (χ4v) is 4.80. The molecular formula is C25H27FN6O5. The molecule has 1 fully saturated rings. The molecule has 5 rings (SSSR count). The van der Waals surface area contributed by atoms with Crippen molar-refractivity contribution >= 4 is 34.8 Å². The highest BCUT2D eigenvalue weighted by Gasteiger charge is 2.53. The van der Waals surface area contributed by atoms with Gasteiger partial charge in [-0.2, -0.15) is 0 Å². The number of likely N-dealkylation sites (N-methyl/N-ethyl adjacent to an activating group) is 2. The number of carbonyl (C=O) groups excluding carboxylic acids is 3. The van der Waals surface area contributed by atoms with Crippen LogP contribution in [-0.2, 0) is 16.9 Å². The summed E-state index contributed by atoms with van der Waals surface area (Å²) < 4.78 is 25.9. The molecule has 2 aliphatic rings. The Labute approximate surface area is 211 Å². The lowest BCUT2D eigenvalue weighted by molar-refractivity contribution is -0.125. The second-order valence-electron chi connectivity index (χ2n) is 8.94. The van der Waals surface area contributed by atoms with Gasteiger partial charge in [0.1, 0.15) is 17.1 Å². The maximum Gasteiger partial charge on any atom is 0.322 e. The first kappa shape index (κ1) is 24.5. The molecule has 2 aromatic heterocycles. The number of amides is 4. The number of nitrogens with one attached hydrogen (secondary N) is 3. The Hall–Kier alpha value is -4.19. The van der Waals surface area contributed by atoms with Crippen LogP contribution in [0.5, 0.6) is 5.75 Å². The van der Waals surface area contributed by atoms with Crippen molar-refractivity contribution in [1.82, 2.24) is 25.8 Å². The van der Waals surface area contributed by atoms with E-state index in [1.165, 1.54) is 18.1 Å². The predicted octanol–water partition coefficient (Wildman–Crippen LogP) is 1.71. The van der Waals surface area contributed by atoms with Crippen LogP contribution in [0.2, 0.25) is 0 Å². The Morgan fingerprint density at radius 3 is 2.76 bits per heavy atom. The number of hydrogen-bond acceptors (Lipinski definition) is 8. The maximum atomic E-state index is 14.9. The summed E-state index contributed by atoms with van der Waals surface area (Å²) in [4.78, 5) is 46.7. The summed E-state index contributed by atoms with van der Waals surface area (Å²) in [5, 5.41) is 7.98. The zero-order chi connectivity index (χ0) is 26.3. The van der Waals surface area contributed by atoms with Crippen LogP contribution < -0.4 is 25.6 Å². The van der Waals surface area contributed by atoms with E-state index in [9.17, 15) is 18.8 Å². The SMILES string of the molecule is CCN(CCNC)c1ccc2oc(C3(CN4Cc5ccc(OC)c(F)c5C4=O)NC(=O)NC3=O)cc2n1. The van der Waals surface area contributed by atoms with Crippen LogP contribution in [0.25, 0.3) is 11.1 Å². The van der Waals surface area contributed by atoms with Crippen molar-refractivity contribution in [2.24, 2.45) is 0 Å². The number of carbonyl (C=O) groups is 3. The molecule has 12 heteroatoms. The Morgan fingerprint density at radius 1 is 1.27 bits per heavy atom. The molecule has 194 valence electrons. The van der Waals surface area contributed by atoms with Gasteiger partial charge in [-0.15, -0.1) is 0 Å². The third-order valence-electron chi connectivity index (χ3n) is 6.76. The monoisotopic (exact) mass is 510 g/mol. The minimum atomic E-state index is -1.72. The quantitative estimate of drug-likeness (QED) is 0.371. The van der Waals surface area contributed by atoms with Crippen LogP contribution in [0.15, 0.2) is 34.7 Å². The van der Waals surface area contributed by atoms with Gasteiger partial charge in [0.25, 0.3) is 11.8 Å². The molecule has 1 saturated heterocycles. The van der Waals surface area contributed by atoms with Gasteiger partial charge in [-0.05, 0) is 37.7 Å². The number of imide groups is 1. The number of furan rings is 1. The average Bonchev–Trinajstić information content (AvgIpc) is 3.53. The van der Waals surface area contributed by atoms with Gasteiger partial charge in [0.2, 0.25) is 0 Å². The molecule has 0 aliphatic carbocycles. The number of anilines is 1. The summed E-state index contributed by atoms with van der Waals surface area (Å²) in [6.07, 6.45) is 0. The zero-order valence-electron chi connectivity index (χ0n) is 20.7. The first-order chi connectivity index (χ1) is 17.8. The third-order valence-corrected chi connectivity index (χ3v) is 6.76. The molecule has 4 amide bonds. The van der Waals surface area contributed by atoms with E-state index in [2.05, 4.69) is 20.9 Å². The molecule has 0 bridgehead atoms. The number of fused-ring (bicyclic) bond motifs is 2. The highest BCUT2D eigenvalue weighted by atomic mass is 19.1. The van der Waals surface area contributed by atoms with E-state index < -0.39 is 29.2 Å². The second kappa shape index (κ2) is 9.36. The number of urea groups is 1. The second-order valence-corrected chi connectivity index (χ2v) is 8.94. The molecule has 37 heavy (non-hydrogen) atoms. The van der Waals surface area contributed by atoms with E-state index >= 15 is 0 Å². The van der Waals surface area contributed by atoms with Crippen LogP contribution in [0, 0.1) is 5.82 Å². The van der Waals surface area contributed by atoms with Gasteiger partial charge in [0, 0.05) is 32.2 Å². The number of halogens is 1. The number of ether oxygens (including phenoxy) is 1. The van der Waals surface area contributed by atoms with Crippen molar-refractivity contribution < 1.29 is 27.9 Å². The zero-order valence-corrected chi connectivity index (χ0v) is 20.7. The average molecular weight is 511 g/mol. The summed E-state index contributed by atoms with van der Waals surface area (Å²) in [6, 6.07) is 7.50. The van der Waals surface area contributed by atoms with E-state index in [4.69, 9.17) is 14.1 Å². The highest BCUT2D eigenvalue weighted by molar-refractivity contribution is 6.08. The number of hydrogen-bond donors (Lipinski definition) is 3.